The monoisotopic (exact) mass is 404 g/mol. The van der Waals surface area contributed by atoms with Crippen LogP contribution in [0.5, 0.6) is 0 Å². The molecule has 0 bridgehead atoms. The molecule has 1 amide bonds. The summed E-state index contributed by atoms with van der Waals surface area (Å²) in [6, 6.07) is 5.16. The van der Waals surface area contributed by atoms with Gasteiger partial charge in [-0.25, -0.2) is 8.42 Å². The number of anilines is 2. The molecule has 0 saturated heterocycles. The molecule has 2 aromatic rings. The Balaban J connectivity index is 1.94. The van der Waals surface area contributed by atoms with Crippen molar-refractivity contribution >= 4 is 44.4 Å². The first kappa shape index (κ1) is 18.4. The summed E-state index contributed by atoms with van der Waals surface area (Å²) in [7, 11) is -3.13. The van der Waals surface area contributed by atoms with E-state index in [0.717, 1.165) is 27.8 Å². The minimum atomic E-state index is -4.63. The molecule has 0 aliphatic carbocycles. The van der Waals surface area contributed by atoms with Crippen molar-refractivity contribution in [2.75, 3.05) is 16.7 Å². The number of nitrogens with one attached hydrogen (secondary N) is 1. The second kappa shape index (κ2) is 6.09. The number of carbonyl (C=O) groups is 2. The molecule has 26 heavy (non-hydrogen) atoms. The van der Waals surface area contributed by atoms with E-state index >= 15 is 0 Å². The predicted octanol–water partition coefficient (Wildman–Crippen LogP) is 2.74. The summed E-state index contributed by atoms with van der Waals surface area (Å²) in [5, 5.41) is 1.55. The summed E-state index contributed by atoms with van der Waals surface area (Å²) in [5.41, 5.74) is -1.10. The number of carbonyl (C=O) groups excluding carboxylic acids is 2. The van der Waals surface area contributed by atoms with E-state index in [1.807, 2.05) is 0 Å². The maximum absolute atomic E-state index is 12.8. The number of Topliss-reactive ketones (excluding diaryl/α,β-unsaturated/α-hetero) is 1. The fourth-order valence-corrected chi connectivity index (χ4v) is 5.01. The van der Waals surface area contributed by atoms with Gasteiger partial charge in [0, 0.05) is 12.7 Å². The number of halogens is 3. The fraction of sp³-hybridized carbons (Fsp3) is 0.200. The standard InChI is InChI=1S/C15H11F3N2O4S2/c1-20-10-5-6-25-12(10)11(21)13(26(20,23)24)14(22)19-9-4-2-3-8(7-9)15(16,17)18/h2-7,13H,1H3,(H,19,22). The van der Waals surface area contributed by atoms with Gasteiger partial charge in [-0.05, 0) is 29.6 Å². The lowest BCUT2D eigenvalue weighted by Gasteiger charge is -2.29. The molecule has 0 saturated carbocycles. The molecular weight excluding hydrogens is 393 g/mol. The van der Waals surface area contributed by atoms with Crippen LogP contribution in [0.15, 0.2) is 35.7 Å². The molecule has 1 aromatic heterocycles. The van der Waals surface area contributed by atoms with E-state index in [0.29, 0.717) is 6.07 Å². The second-order valence-electron chi connectivity index (χ2n) is 5.46. The van der Waals surface area contributed by atoms with Crippen LogP contribution in [0.4, 0.5) is 24.5 Å². The Labute approximate surface area is 150 Å². The first-order valence-electron chi connectivity index (χ1n) is 7.11. The van der Waals surface area contributed by atoms with E-state index in [1.54, 1.807) is 0 Å². The van der Waals surface area contributed by atoms with Gasteiger partial charge >= 0.3 is 6.18 Å². The van der Waals surface area contributed by atoms with Crippen molar-refractivity contribution in [1.82, 2.24) is 0 Å². The van der Waals surface area contributed by atoms with Crippen LogP contribution in [-0.4, -0.2) is 32.4 Å². The number of rotatable bonds is 2. The highest BCUT2D eigenvalue weighted by molar-refractivity contribution is 7.95. The summed E-state index contributed by atoms with van der Waals surface area (Å²) < 4.78 is 64.1. The van der Waals surface area contributed by atoms with Gasteiger partial charge in [-0.3, -0.25) is 13.9 Å². The molecule has 6 nitrogen and oxygen atoms in total. The highest BCUT2D eigenvalue weighted by Crippen LogP contribution is 2.36. The summed E-state index contributed by atoms with van der Waals surface area (Å²) in [6.45, 7) is 0. The fourth-order valence-electron chi connectivity index (χ4n) is 2.52. The van der Waals surface area contributed by atoms with Crippen molar-refractivity contribution in [3.8, 4) is 0 Å². The van der Waals surface area contributed by atoms with Crippen molar-refractivity contribution < 1.29 is 31.2 Å². The zero-order chi connectivity index (χ0) is 19.3. The van der Waals surface area contributed by atoms with Crippen molar-refractivity contribution in [2.45, 2.75) is 11.4 Å². The van der Waals surface area contributed by atoms with Gasteiger partial charge in [-0.2, -0.15) is 13.2 Å². The minimum Gasteiger partial charge on any atom is -0.324 e. The lowest BCUT2D eigenvalue weighted by molar-refractivity contribution is -0.137. The van der Waals surface area contributed by atoms with E-state index in [9.17, 15) is 31.2 Å². The van der Waals surface area contributed by atoms with E-state index < -0.39 is 38.7 Å². The maximum Gasteiger partial charge on any atom is 0.416 e. The normalized spacial score (nSPS) is 19.2. The molecule has 2 heterocycles. The Bertz CT molecular complexity index is 998. The summed E-state index contributed by atoms with van der Waals surface area (Å²) >= 11 is 0.987. The van der Waals surface area contributed by atoms with Crippen LogP contribution in [0.2, 0.25) is 0 Å². The summed E-state index contributed by atoms with van der Waals surface area (Å²) in [6.07, 6.45) is -4.63. The number of ketones is 1. The molecular formula is C15H11F3N2O4S2. The minimum absolute atomic E-state index is 0.103. The number of thiophene rings is 1. The molecule has 11 heteroatoms. The van der Waals surface area contributed by atoms with Gasteiger partial charge in [-0.15, -0.1) is 11.3 Å². The average Bonchev–Trinajstić information content (AvgIpc) is 3.02. The zero-order valence-electron chi connectivity index (χ0n) is 13.1. The number of hydrogen-bond donors (Lipinski definition) is 1. The number of hydrogen-bond acceptors (Lipinski definition) is 5. The topological polar surface area (TPSA) is 83.6 Å². The number of nitrogens with zero attached hydrogens (tertiary/aromatic N) is 1. The van der Waals surface area contributed by atoms with Gasteiger partial charge in [0.2, 0.25) is 11.0 Å². The van der Waals surface area contributed by atoms with E-state index in [-0.39, 0.29) is 16.3 Å². The maximum atomic E-state index is 12.8. The Hall–Kier alpha value is -2.40. The van der Waals surface area contributed by atoms with Crippen LogP contribution in [0.25, 0.3) is 0 Å². The molecule has 3 rings (SSSR count). The van der Waals surface area contributed by atoms with Gasteiger partial charge in [0.25, 0.3) is 15.9 Å². The number of fused-ring (bicyclic) bond motifs is 1. The lowest BCUT2D eigenvalue weighted by atomic mass is 10.1. The molecule has 0 radical (unpaired) electrons. The molecule has 138 valence electrons. The lowest BCUT2D eigenvalue weighted by Crippen LogP contribution is -2.51. The molecule has 1 aliphatic rings. The molecule has 1 atom stereocenters. The van der Waals surface area contributed by atoms with Gasteiger partial charge in [0.1, 0.15) is 0 Å². The van der Waals surface area contributed by atoms with Crippen LogP contribution in [-0.2, 0) is 21.0 Å². The Morgan fingerprint density at radius 1 is 1.27 bits per heavy atom. The molecule has 1 aromatic carbocycles. The highest BCUT2D eigenvalue weighted by atomic mass is 32.2. The van der Waals surface area contributed by atoms with Gasteiger partial charge < -0.3 is 5.32 Å². The van der Waals surface area contributed by atoms with Crippen LogP contribution < -0.4 is 9.62 Å². The number of alkyl halides is 3. The van der Waals surface area contributed by atoms with Gasteiger partial charge in [-0.1, -0.05) is 6.07 Å². The Kier molecular flexibility index (Phi) is 4.31. The predicted molar refractivity (Wildman–Crippen MR) is 89.8 cm³/mol. The number of amides is 1. The highest BCUT2D eigenvalue weighted by Gasteiger charge is 2.48. The first-order valence-corrected chi connectivity index (χ1v) is 9.49. The molecule has 0 fully saturated rings. The van der Waals surface area contributed by atoms with Crippen molar-refractivity contribution in [3.63, 3.8) is 0 Å². The second-order valence-corrected chi connectivity index (χ2v) is 8.42. The van der Waals surface area contributed by atoms with Crippen molar-refractivity contribution in [2.24, 2.45) is 0 Å². The summed E-state index contributed by atoms with van der Waals surface area (Å²) in [4.78, 5) is 25.0. The number of benzene rings is 1. The third-order valence-corrected chi connectivity index (χ3v) is 6.72. The Morgan fingerprint density at radius 2 is 1.96 bits per heavy atom. The third-order valence-electron chi connectivity index (χ3n) is 3.82. The Morgan fingerprint density at radius 3 is 2.62 bits per heavy atom. The van der Waals surface area contributed by atoms with E-state index in [4.69, 9.17) is 0 Å². The molecule has 1 aliphatic heterocycles. The average molecular weight is 404 g/mol. The zero-order valence-corrected chi connectivity index (χ0v) is 14.7. The molecule has 1 N–H and O–H groups in total. The van der Waals surface area contributed by atoms with Crippen LogP contribution >= 0.6 is 11.3 Å². The molecule has 0 spiro atoms. The summed E-state index contributed by atoms with van der Waals surface area (Å²) in [5.74, 6) is -2.11. The first-order chi connectivity index (χ1) is 12.0. The SMILES string of the molecule is CN1c2ccsc2C(=O)C(C(=O)Nc2cccc(C(F)(F)F)c2)S1(=O)=O. The van der Waals surface area contributed by atoms with Crippen LogP contribution in [0.1, 0.15) is 15.2 Å². The molecule has 1 unspecified atom stereocenters. The van der Waals surface area contributed by atoms with E-state index in [2.05, 4.69) is 5.32 Å². The van der Waals surface area contributed by atoms with Gasteiger partial charge in [0.15, 0.2) is 0 Å². The van der Waals surface area contributed by atoms with Crippen molar-refractivity contribution in [1.29, 1.82) is 0 Å². The van der Waals surface area contributed by atoms with Crippen LogP contribution in [0, 0.1) is 0 Å². The largest absolute Gasteiger partial charge is 0.416 e. The van der Waals surface area contributed by atoms with E-state index in [1.165, 1.54) is 24.6 Å². The third kappa shape index (κ3) is 2.97. The van der Waals surface area contributed by atoms with Gasteiger partial charge in [0.05, 0.1) is 16.1 Å². The van der Waals surface area contributed by atoms with Crippen LogP contribution in [0.3, 0.4) is 0 Å². The van der Waals surface area contributed by atoms with Crippen molar-refractivity contribution in [3.05, 3.63) is 46.2 Å². The number of sulfonamides is 1. The quantitative estimate of drug-likeness (QED) is 0.781. The smallest absolute Gasteiger partial charge is 0.324 e.